The Labute approximate surface area is 137 Å². The van der Waals surface area contributed by atoms with Gasteiger partial charge in [-0.2, -0.15) is 0 Å². The van der Waals surface area contributed by atoms with E-state index >= 15 is 0 Å². The summed E-state index contributed by atoms with van der Waals surface area (Å²) < 4.78 is 5.21. The van der Waals surface area contributed by atoms with Crippen LogP contribution in [0.1, 0.15) is 23.5 Å². The predicted octanol–water partition coefficient (Wildman–Crippen LogP) is 4.57. The highest BCUT2D eigenvalue weighted by Crippen LogP contribution is 2.31. The number of allylic oxidation sites excluding steroid dienone is 3. The van der Waals surface area contributed by atoms with Gasteiger partial charge < -0.3 is 14.9 Å². The Morgan fingerprint density at radius 3 is 2.52 bits per heavy atom. The minimum atomic E-state index is -0.0649. The molecule has 0 saturated carbocycles. The molecule has 0 heterocycles. The average molecular weight is 310 g/mol. The molecule has 3 nitrogen and oxygen atoms in total. The molecule has 2 N–H and O–H groups in total. The normalized spacial score (nSPS) is 12.2. The third-order valence-electron chi connectivity index (χ3n) is 3.73. The van der Waals surface area contributed by atoms with Crippen molar-refractivity contribution in [1.82, 2.24) is 0 Å². The quantitative estimate of drug-likeness (QED) is 0.737. The maximum atomic E-state index is 10.0. The van der Waals surface area contributed by atoms with Crippen LogP contribution in [0.5, 0.6) is 17.2 Å². The number of rotatable bonds is 7. The minimum absolute atomic E-state index is 0.0649. The van der Waals surface area contributed by atoms with Gasteiger partial charge in [0.2, 0.25) is 0 Å². The molecule has 0 aliphatic carbocycles. The molecule has 2 rings (SSSR count). The highest BCUT2D eigenvalue weighted by molar-refractivity contribution is 5.44. The molecule has 120 valence electrons. The van der Waals surface area contributed by atoms with Crippen molar-refractivity contribution in [2.75, 3.05) is 7.11 Å². The van der Waals surface area contributed by atoms with E-state index in [1.54, 1.807) is 37.5 Å². The van der Waals surface area contributed by atoms with E-state index in [1.807, 2.05) is 24.3 Å². The Morgan fingerprint density at radius 1 is 1.13 bits per heavy atom. The van der Waals surface area contributed by atoms with Gasteiger partial charge in [-0.05, 0) is 48.7 Å². The molecule has 3 heteroatoms. The summed E-state index contributed by atoms with van der Waals surface area (Å²) in [6, 6.07) is 12.4. The van der Waals surface area contributed by atoms with Crippen molar-refractivity contribution in [3.8, 4) is 17.2 Å². The molecule has 0 amide bonds. The number of hydrogen-bond donors (Lipinski definition) is 2. The van der Waals surface area contributed by atoms with E-state index in [-0.39, 0.29) is 17.4 Å². The topological polar surface area (TPSA) is 49.7 Å². The summed E-state index contributed by atoms with van der Waals surface area (Å²) in [5.41, 5.74) is 1.95. The molecule has 0 aliphatic heterocycles. The molecule has 0 aliphatic rings. The fourth-order valence-corrected chi connectivity index (χ4v) is 2.39. The Bertz CT molecular complexity index is 672. The van der Waals surface area contributed by atoms with E-state index in [9.17, 15) is 10.2 Å². The fraction of sp³-hybridized carbons (Fsp3) is 0.200. The molecule has 0 fully saturated rings. The number of phenolic OH excluding ortho intramolecular Hbond substituents is 2. The van der Waals surface area contributed by atoms with Crippen LogP contribution in [-0.4, -0.2) is 17.3 Å². The monoisotopic (exact) mass is 310 g/mol. The minimum Gasteiger partial charge on any atom is -0.508 e. The van der Waals surface area contributed by atoms with Crippen molar-refractivity contribution < 1.29 is 14.9 Å². The summed E-state index contributed by atoms with van der Waals surface area (Å²) in [5.74, 6) is 1.16. The molecule has 0 spiro atoms. The first kappa shape index (κ1) is 16.7. The zero-order valence-electron chi connectivity index (χ0n) is 13.3. The molecule has 23 heavy (non-hydrogen) atoms. The number of ether oxygens (including phenoxy) is 1. The van der Waals surface area contributed by atoms with Crippen LogP contribution in [-0.2, 0) is 6.42 Å². The van der Waals surface area contributed by atoms with Crippen molar-refractivity contribution in [2.24, 2.45) is 0 Å². The van der Waals surface area contributed by atoms with E-state index in [0.29, 0.717) is 5.75 Å². The molecular formula is C20H22O3. The Hall–Kier alpha value is -2.68. The van der Waals surface area contributed by atoms with Gasteiger partial charge in [0, 0.05) is 11.5 Å². The third kappa shape index (κ3) is 4.65. The second kappa shape index (κ2) is 8.08. The van der Waals surface area contributed by atoms with Gasteiger partial charge in [0.1, 0.15) is 17.2 Å². The highest BCUT2D eigenvalue weighted by Gasteiger charge is 2.10. The van der Waals surface area contributed by atoms with Crippen LogP contribution in [0.15, 0.2) is 67.3 Å². The molecule has 1 unspecified atom stereocenters. The summed E-state index contributed by atoms with van der Waals surface area (Å²) in [4.78, 5) is 0. The van der Waals surface area contributed by atoms with Crippen molar-refractivity contribution >= 4 is 0 Å². The standard InChI is InChI=1S/C20H22O3/c1-3-16(19-14-18(23-2)12-13-20(19)22)7-5-4-6-15-8-10-17(21)11-9-15/h3,5,7-14,16,21-22H,1,4,6H2,2H3/b7-5-. The maximum absolute atomic E-state index is 10.0. The lowest BCUT2D eigenvalue weighted by Crippen LogP contribution is -1.94. The summed E-state index contributed by atoms with van der Waals surface area (Å²) in [6.07, 6.45) is 7.68. The van der Waals surface area contributed by atoms with Crippen molar-refractivity contribution in [3.05, 3.63) is 78.4 Å². The van der Waals surface area contributed by atoms with Gasteiger partial charge in [-0.1, -0.05) is 30.4 Å². The summed E-state index contributed by atoms with van der Waals surface area (Å²) in [6.45, 7) is 3.85. The zero-order valence-corrected chi connectivity index (χ0v) is 13.3. The Kier molecular flexibility index (Phi) is 5.87. The first-order valence-electron chi connectivity index (χ1n) is 7.58. The number of methoxy groups -OCH3 is 1. The molecule has 0 radical (unpaired) electrons. The lowest BCUT2D eigenvalue weighted by atomic mass is 9.96. The average Bonchev–Trinajstić information content (AvgIpc) is 2.57. The van der Waals surface area contributed by atoms with Gasteiger partial charge in [-0.3, -0.25) is 0 Å². The van der Waals surface area contributed by atoms with E-state index in [0.717, 1.165) is 18.4 Å². The molecule has 0 saturated heterocycles. The first-order chi connectivity index (χ1) is 11.1. The van der Waals surface area contributed by atoms with E-state index in [2.05, 4.69) is 12.7 Å². The van der Waals surface area contributed by atoms with Gasteiger partial charge in [-0.25, -0.2) is 0 Å². The van der Waals surface area contributed by atoms with Gasteiger partial charge in [0.15, 0.2) is 0 Å². The number of hydrogen-bond acceptors (Lipinski definition) is 3. The molecule has 1 atom stereocenters. The van der Waals surface area contributed by atoms with Crippen molar-refractivity contribution in [3.63, 3.8) is 0 Å². The van der Waals surface area contributed by atoms with Crippen molar-refractivity contribution in [1.29, 1.82) is 0 Å². The number of benzene rings is 2. The lowest BCUT2D eigenvalue weighted by molar-refractivity contribution is 0.410. The van der Waals surface area contributed by atoms with Gasteiger partial charge >= 0.3 is 0 Å². The van der Waals surface area contributed by atoms with Crippen LogP contribution < -0.4 is 4.74 Å². The summed E-state index contributed by atoms with van der Waals surface area (Å²) in [7, 11) is 1.60. The molecule has 0 bridgehead atoms. The van der Waals surface area contributed by atoms with Crippen molar-refractivity contribution in [2.45, 2.75) is 18.8 Å². The molecule has 2 aromatic rings. The van der Waals surface area contributed by atoms with Gasteiger partial charge in [-0.15, -0.1) is 6.58 Å². The maximum Gasteiger partial charge on any atom is 0.119 e. The molecule has 2 aromatic carbocycles. The number of aryl methyl sites for hydroxylation is 1. The second-order valence-electron chi connectivity index (χ2n) is 5.32. The van der Waals surface area contributed by atoms with Gasteiger partial charge in [0.25, 0.3) is 0 Å². The summed E-state index contributed by atoms with van der Waals surface area (Å²) >= 11 is 0. The smallest absolute Gasteiger partial charge is 0.119 e. The van der Waals surface area contributed by atoms with Crippen LogP contribution in [0.4, 0.5) is 0 Å². The predicted molar refractivity (Wildman–Crippen MR) is 93.2 cm³/mol. The van der Waals surface area contributed by atoms with Gasteiger partial charge in [0.05, 0.1) is 7.11 Å². The largest absolute Gasteiger partial charge is 0.508 e. The first-order valence-corrected chi connectivity index (χ1v) is 7.58. The molecule has 0 aromatic heterocycles. The second-order valence-corrected chi connectivity index (χ2v) is 5.32. The third-order valence-corrected chi connectivity index (χ3v) is 3.73. The van der Waals surface area contributed by atoms with E-state index < -0.39 is 0 Å². The van der Waals surface area contributed by atoms with E-state index in [1.165, 1.54) is 5.56 Å². The van der Waals surface area contributed by atoms with E-state index in [4.69, 9.17) is 4.74 Å². The SMILES string of the molecule is C=CC(/C=C\CCc1ccc(O)cc1)c1cc(OC)ccc1O. The highest BCUT2D eigenvalue weighted by atomic mass is 16.5. The number of phenols is 2. The van der Waals surface area contributed by atoms with Crippen LogP contribution in [0.25, 0.3) is 0 Å². The van der Waals surface area contributed by atoms with Crippen LogP contribution in [0.3, 0.4) is 0 Å². The summed E-state index contributed by atoms with van der Waals surface area (Å²) in [5, 5.41) is 19.3. The molecular weight excluding hydrogens is 288 g/mol. The number of aromatic hydroxyl groups is 2. The Balaban J connectivity index is 2.01. The zero-order chi connectivity index (χ0) is 16.7. The van der Waals surface area contributed by atoms with Crippen LogP contribution >= 0.6 is 0 Å². The van der Waals surface area contributed by atoms with Crippen LogP contribution in [0, 0.1) is 0 Å². The fourth-order valence-electron chi connectivity index (χ4n) is 2.39. The lowest BCUT2D eigenvalue weighted by Gasteiger charge is -2.12. The van der Waals surface area contributed by atoms with Crippen LogP contribution in [0.2, 0.25) is 0 Å². The Morgan fingerprint density at radius 2 is 1.87 bits per heavy atom.